The van der Waals surface area contributed by atoms with Gasteiger partial charge >= 0.3 is 0 Å². The van der Waals surface area contributed by atoms with E-state index in [4.69, 9.17) is 20.4 Å². The minimum atomic E-state index is -0.879. The molecule has 12 heteroatoms. The molecule has 2 aliphatic heterocycles. The lowest BCUT2D eigenvalue weighted by Crippen LogP contribution is -2.43. The second-order valence-electron chi connectivity index (χ2n) is 15.3. The second-order valence-corrected chi connectivity index (χ2v) is 15.8. The molecule has 4 amide bonds. The molecule has 284 valence electrons. The Balaban J connectivity index is 0.932. The molecule has 4 aliphatic rings. The molecule has 6 atom stereocenters. The zero-order valence-electron chi connectivity index (χ0n) is 30.5. The fraction of sp³-hybridized carbons (Fsp3) is 0.174. The van der Waals surface area contributed by atoms with Crippen LogP contribution in [0.4, 0.5) is 11.4 Å². The van der Waals surface area contributed by atoms with Crippen LogP contribution < -0.4 is 9.80 Å². The van der Waals surface area contributed by atoms with E-state index >= 15 is 0 Å². The zero-order chi connectivity index (χ0) is 39.4. The fourth-order valence-electron chi connectivity index (χ4n) is 9.72. The first-order valence-electron chi connectivity index (χ1n) is 19.1. The van der Waals surface area contributed by atoms with E-state index in [1.165, 1.54) is 15.9 Å². The molecule has 0 spiro atoms. The third-order valence-electron chi connectivity index (χ3n) is 12.3. The monoisotopic (exact) mass is 786 g/mol. The van der Waals surface area contributed by atoms with Crippen molar-refractivity contribution in [3.63, 3.8) is 0 Å². The van der Waals surface area contributed by atoms with E-state index in [0.717, 1.165) is 11.1 Å². The number of nitrogens with zero attached hydrogens (tertiary/aromatic N) is 4. The summed E-state index contributed by atoms with van der Waals surface area (Å²) in [5, 5.41) is 11.6. The number of aromatic nitrogens is 2. The Labute approximate surface area is 335 Å². The molecule has 0 unspecified atom stereocenters. The molecule has 3 fully saturated rings. The third kappa shape index (κ3) is 5.12. The van der Waals surface area contributed by atoms with Crippen LogP contribution in [0.3, 0.4) is 0 Å². The number of oxazole rings is 2. The number of rotatable bonds is 5. The lowest BCUT2D eigenvalue weighted by molar-refractivity contribution is -0.126. The molecule has 2 aliphatic carbocycles. The van der Waals surface area contributed by atoms with Gasteiger partial charge in [0.1, 0.15) is 16.8 Å². The molecule has 5 aromatic carbocycles. The number of hydrogen-bond donors (Lipinski definition) is 1. The van der Waals surface area contributed by atoms with Crippen molar-refractivity contribution in [2.45, 2.75) is 18.8 Å². The number of fused-ring (bicyclic) bond motifs is 6. The minimum Gasteiger partial charge on any atom is -0.508 e. The van der Waals surface area contributed by atoms with Crippen LogP contribution in [0.5, 0.6) is 5.75 Å². The molecule has 11 nitrogen and oxygen atoms in total. The molecule has 4 heterocycles. The number of carbonyl (C=O) groups excluding carboxylic acids is 4. The lowest BCUT2D eigenvalue weighted by atomic mass is 9.57. The summed E-state index contributed by atoms with van der Waals surface area (Å²) in [6.45, 7) is 0. The number of halogens is 1. The molecular weight excluding hydrogens is 756 g/mol. The number of imide groups is 2. The summed E-state index contributed by atoms with van der Waals surface area (Å²) in [7, 11) is 0. The Kier molecular flexibility index (Phi) is 7.61. The predicted octanol–water partition coefficient (Wildman–Crippen LogP) is 8.71. The summed E-state index contributed by atoms with van der Waals surface area (Å²) in [5.41, 5.74) is 6.05. The van der Waals surface area contributed by atoms with Crippen molar-refractivity contribution in [2.24, 2.45) is 29.6 Å². The van der Waals surface area contributed by atoms with Crippen LogP contribution in [0.2, 0.25) is 5.02 Å². The average molecular weight is 787 g/mol. The van der Waals surface area contributed by atoms with Crippen LogP contribution in [-0.4, -0.2) is 38.7 Å². The van der Waals surface area contributed by atoms with Gasteiger partial charge in [0.25, 0.3) is 0 Å². The maximum absolute atomic E-state index is 14.6. The number of hydrogen-bond acceptors (Lipinski definition) is 9. The van der Waals surface area contributed by atoms with Crippen LogP contribution >= 0.6 is 11.6 Å². The van der Waals surface area contributed by atoms with Crippen molar-refractivity contribution >= 4 is 68.8 Å². The smallest absolute Gasteiger partial charge is 0.238 e. The Morgan fingerprint density at radius 1 is 0.603 bits per heavy atom. The van der Waals surface area contributed by atoms with Gasteiger partial charge in [0, 0.05) is 27.6 Å². The molecule has 7 aromatic rings. The number of benzene rings is 5. The van der Waals surface area contributed by atoms with Gasteiger partial charge in [-0.1, -0.05) is 47.5 Å². The Bertz CT molecular complexity index is 2850. The summed E-state index contributed by atoms with van der Waals surface area (Å²) in [6.07, 6.45) is 2.38. The normalized spacial score (nSPS) is 24.1. The Hall–Kier alpha value is -6.85. The first kappa shape index (κ1) is 34.4. The number of phenols is 1. The van der Waals surface area contributed by atoms with Gasteiger partial charge < -0.3 is 13.9 Å². The van der Waals surface area contributed by atoms with E-state index in [0.29, 0.717) is 61.6 Å². The topological polar surface area (TPSA) is 147 Å². The first-order chi connectivity index (χ1) is 28.2. The highest BCUT2D eigenvalue weighted by Crippen LogP contribution is 2.59. The van der Waals surface area contributed by atoms with E-state index in [2.05, 4.69) is 9.97 Å². The van der Waals surface area contributed by atoms with Crippen LogP contribution in [0, 0.1) is 29.6 Å². The van der Waals surface area contributed by atoms with E-state index < -0.39 is 47.3 Å². The van der Waals surface area contributed by atoms with Crippen LogP contribution in [0.1, 0.15) is 24.3 Å². The van der Waals surface area contributed by atoms with Gasteiger partial charge in [-0.05, 0) is 110 Å². The number of amides is 4. The van der Waals surface area contributed by atoms with Crippen molar-refractivity contribution in [2.75, 3.05) is 9.80 Å². The van der Waals surface area contributed by atoms with Gasteiger partial charge in [-0.25, -0.2) is 9.97 Å². The standard InChI is InChI=1S/C46H31ClN4O7/c47-25-13-20-35(52)31(21-25)38-28-18-19-29-39(45(55)50(43(29)53)26-14-9-23(10-15-26)41-48-33-5-1-3-7-36(33)57-41)30(28)22-32-40(38)46(56)51(44(32)54)27-16-11-24(12-17-27)42-49-34-6-2-4-8-37(34)58-42/h1-18,20-21,29-30,32,38-40,52H,19,22H2/t29-,30+,32+,38+,39-,40+/m0/s1. The van der Waals surface area contributed by atoms with Crippen LogP contribution in [0.15, 0.2) is 136 Å². The number of phenolic OH excluding ortho intramolecular Hbond substituents is 1. The average Bonchev–Trinajstić information content (AvgIpc) is 4.00. The highest BCUT2D eigenvalue weighted by molar-refractivity contribution is 6.30. The second kappa shape index (κ2) is 12.8. The number of anilines is 2. The van der Waals surface area contributed by atoms with Gasteiger partial charge in [-0.2, -0.15) is 0 Å². The molecule has 58 heavy (non-hydrogen) atoms. The zero-order valence-corrected chi connectivity index (χ0v) is 31.2. The molecule has 2 saturated heterocycles. The van der Waals surface area contributed by atoms with Crippen molar-refractivity contribution in [3.8, 4) is 28.7 Å². The first-order valence-corrected chi connectivity index (χ1v) is 19.5. The molecular formula is C46H31ClN4O7. The summed E-state index contributed by atoms with van der Waals surface area (Å²) < 4.78 is 11.9. The van der Waals surface area contributed by atoms with E-state index in [9.17, 15) is 24.3 Å². The van der Waals surface area contributed by atoms with Crippen molar-refractivity contribution in [1.29, 1.82) is 0 Å². The van der Waals surface area contributed by atoms with E-state index in [-0.39, 0.29) is 30.4 Å². The Morgan fingerprint density at radius 3 is 1.71 bits per heavy atom. The van der Waals surface area contributed by atoms with Gasteiger partial charge in [-0.3, -0.25) is 29.0 Å². The molecule has 0 radical (unpaired) electrons. The van der Waals surface area contributed by atoms with Crippen LogP contribution in [0.25, 0.3) is 45.1 Å². The predicted molar refractivity (Wildman–Crippen MR) is 215 cm³/mol. The van der Waals surface area contributed by atoms with Gasteiger partial charge in [0.15, 0.2) is 11.2 Å². The van der Waals surface area contributed by atoms with Gasteiger partial charge in [0.05, 0.1) is 35.0 Å². The van der Waals surface area contributed by atoms with Gasteiger partial charge in [-0.15, -0.1) is 0 Å². The van der Waals surface area contributed by atoms with Crippen molar-refractivity contribution in [3.05, 3.63) is 137 Å². The quantitative estimate of drug-likeness (QED) is 0.134. The number of allylic oxidation sites excluding steroid dienone is 2. The SMILES string of the molecule is O=C1[C@H]2[C@H](CC=C3[C@H]2C[C@H]2C(=O)N(c4ccc(-c5nc6ccccc6o5)cc4)C(=O)[C@H]2[C@H]3c2cc(Cl)ccc2O)C(=O)N1c1ccc(-c2nc3ccccc3o2)cc1. The largest absolute Gasteiger partial charge is 0.508 e. The highest BCUT2D eigenvalue weighted by atomic mass is 35.5. The Morgan fingerprint density at radius 2 is 1.14 bits per heavy atom. The summed E-state index contributed by atoms with van der Waals surface area (Å²) in [5.74, 6) is -5.22. The van der Waals surface area contributed by atoms with Gasteiger partial charge in [0.2, 0.25) is 35.4 Å². The number of carbonyl (C=O) groups is 4. The molecule has 0 bridgehead atoms. The fourth-order valence-corrected chi connectivity index (χ4v) is 9.90. The van der Waals surface area contributed by atoms with Crippen molar-refractivity contribution < 1.29 is 33.1 Å². The molecule has 2 aromatic heterocycles. The molecule has 1 N–H and O–H groups in total. The molecule has 11 rings (SSSR count). The van der Waals surface area contributed by atoms with Crippen molar-refractivity contribution in [1.82, 2.24) is 9.97 Å². The lowest BCUT2D eigenvalue weighted by Gasteiger charge is -2.44. The van der Waals surface area contributed by atoms with Crippen LogP contribution in [-0.2, 0) is 19.2 Å². The number of aromatic hydroxyl groups is 1. The summed E-state index contributed by atoms with van der Waals surface area (Å²) in [6, 6.07) is 33.4. The highest BCUT2D eigenvalue weighted by Gasteiger charge is 2.62. The third-order valence-corrected chi connectivity index (χ3v) is 12.5. The minimum absolute atomic E-state index is 0.0762. The summed E-state index contributed by atoms with van der Waals surface area (Å²) >= 11 is 6.50. The maximum Gasteiger partial charge on any atom is 0.238 e. The maximum atomic E-state index is 14.6. The van der Waals surface area contributed by atoms with E-state index in [1.54, 1.807) is 60.7 Å². The summed E-state index contributed by atoms with van der Waals surface area (Å²) in [4.78, 5) is 69.5. The van der Waals surface area contributed by atoms with E-state index in [1.807, 2.05) is 54.6 Å². The molecule has 1 saturated carbocycles. The number of para-hydroxylation sites is 4.